The van der Waals surface area contributed by atoms with E-state index in [1.54, 1.807) is 0 Å². The number of fused-ring (bicyclic) bond motifs is 1. The molecule has 0 aromatic carbocycles. The van der Waals surface area contributed by atoms with Gasteiger partial charge in [-0.15, -0.1) is 0 Å². The smallest absolute Gasteiger partial charge is 0.337 e. The van der Waals surface area contributed by atoms with Crippen LogP contribution in [0.15, 0.2) is 25.2 Å². The summed E-state index contributed by atoms with van der Waals surface area (Å²) in [5.41, 5.74) is 0.506. The lowest BCUT2D eigenvalue weighted by molar-refractivity contribution is 0.132. The maximum absolute atomic E-state index is 12.3. The fourth-order valence-corrected chi connectivity index (χ4v) is 2.54. The summed E-state index contributed by atoms with van der Waals surface area (Å²) in [7, 11) is 0. The Kier molecular flexibility index (Phi) is 5.05. The van der Waals surface area contributed by atoms with Gasteiger partial charge in [-0.1, -0.05) is 18.5 Å². The molecular weight excluding hydrogens is 314 g/mol. The first-order valence-electron chi connectivity index (χ1n) is 8.05. The number of nitrogens with one attached hydrogen (secondary N) is 1. The molecule has 3 rings (SSSR count). The number of H-pyrrole nitrogens is 1. The van der Waals surface area contributed by atoms with E-state index >= 15 is 0 Å². The van der Waals surface area contributed by atoms with Crippen LogP contribution in [0.1, 0.15) is 38.2 Å². The topological polar surface area (TPSA) is 107 Å². The van der Waals surface area contributed by atoms with E-state index in [4.69, 9.17) is 14.0 Å². The Bertz CT molecular complexity index is 860. The summed E-state index contributed by atoms with van der Waals surface area (Å²) in [5.74, 6) is 0. The molecule has 3 heterocycles. The van der Waals surface area contributed by atoms with E-state index < -0.39 is 11.2 Å². The number of aromatic amines is 1. The highest BCUT2D eigenvalue weighted by Crippen LogP contribution is 2.15. The minimum atomic E-state index is -0.534. The van der Waals surface area contributed by atoms with Gasteiger partial charge in [0.1, 0.15) is 5.39 Å². The molecule has 128 valence electrons. The van der Waals surface area contributed by atoms with Crippen molar-refractivity contribution in [1.82, 2.24) is 9.97 Å². The monoisotopic (exact) mass is 333 g/mol. The summed E-state index contributed by atoms with van der Waals surface area (Å²) in [4.78, 5) is 35.8. The molecule has 1 fully saturated rings. The molecule has 0 spiro atoms. The van der Waals surface area contributed by atoms with E-state index in [1.807, 2.05) is 6.92 Å². The van der Waals surface area contributed by atoms with Crippen LogP contribution in [0.5, 0.6) is 6.01 Å². The normalized spacial score (nSPS) is 14.8. The van der Waals surface area contributed by atoms with Gasteiger partial charge in [0.2, 0.25) is 5.71 Å². The average Bonchev–Trinajstić information content (AvgIpc) is 2.58. The van der Waals surface area contributed by atoms with Crippen molar-refractivity contribution in [2.45, 2.75) is 39.0 Å². The highest BCUT2D eigenvalue weighted by Gasteiger charge is 2.14. The van der Waals surface area contributed by atoms with Crippen LogP contribution < -0.4 is 16.0 Å². The summed E-state index contributed by atoms with van der Waals surface area (Å²) < 4.78 is 10.3. The van der Waals surface area contributed by atoms with Crippen LogP contribution in [-0.4, -0.2) is 28.9 Å². The van der Waals surface area contributed by atoms with Gasteiger partial charge < -0.3 is 14.0 Å². The Balaban J connectivity index is 1.94. The standard InChI is InChI=1S/C16H19N3O5/c1-2-3-4-10-9-12(20)23-15-13(10)14(21)17-16(18-15)24-19-11-5-7-22-8-6-11/h9H,2-8H2,1H3,(H,17,18,21). The van der Waals surface area contributed by atoms with E-state index in [2.05, 4.69) is 15.1 Å². The third-order valence-corrected chi connectivity index (χ3v) is 3.81. The lowest BCUT2D eigenvalue weighted by Gasteiger charge is -2.12. The second-order valence-electron chi connectivity index (χ2n) is 5.61. The molecule has 0 amide bonds. The molecule has 2 aromatic heterocycles. The van der Waals surface area contributed by atoms with Crippen LogP contribution in [0.3, 0.4) is 0 Å². The average molecular weight is 333 g/mol. The summed E-state index contributed by atoms with van der Waals surface area (Å²) in [5, 5.41) is 4.27. The molecule has 2 aromatic rings. The zero-order chi connectivity index (χ0) is 16.9. The second kappa shape index (κ2) is 7.39. The maximum Gasteiger partial charge on any atom is 0.337 e. The molecule has 8 heteroatoms. The molecule has 0 atom stereocenters. The van der Waals surface area contributed by atoms with Gasteiger partial charge in [0.05, 0.1) is 18.9 Å². The zero-order valence-corrected chi connectivity index (χ0v) is 13.5. The zero-order valence-electron chi connectivity index (χ0n) is 13.5. The van der Waals surface area contributed by atoms with Crippen molar-refractivity contribution in [3.63, 3.8) is 0 Å². The van der Waals surface area contributed by atoms with Crippen LogP contribution in [0.4, 0.5) is 0 Å². The lowest BCUT2D eigenvalue weighted by Crippen LogP contribution is -2.17. The van der Waals surface area contributed by atoms with Crippen LogP contribution >= 0.6 is 0 Å². The Morgan fingerprint density at radius 1 is 1.33 bits per heavy atom. The molecule has 1 N–H and O–H groups in total. The molecule has 8 nitrogen and oxygen atoms in total. The van der Waals surface area contributed by atoms with Gasteiger partial charge in [0.25, 0.3) is 5.56 Å². The highest BCUT2D eigenvalue weighted by molar-refractivity contribution is 5.84. The molecule has 1 aliphatic heterocycles. The number of hydrogen-bond donors (Lipinski definition) is 1. The van der Waals surface area contributed by atoms with E-state index in [1.165, 1.54) is 6.07 Å². The Labute approximate surface area is 137 Å². The van der Waals surface area contributed by atoms with Gasteiger partial charge in [0.15, 0.2) is 0 Å². The van der Waals surface area contributed by atoms with Gasteiger partial charge in [0, 0.05) is 18.9 Å². The minimum absolute atomic E-state index is 0.0282. The third kappa shape index (κ3) is 3.70. The molecule has 1 saturated heterocycles. The number of rotatable bonds is 5. The Morgan fingerprint density at radius 2 is 2.12 bits per heavy atom. The number of aryl methyl sites for hydroxylation is 1. The SMILES string of the molecule is CCCCc1cc(=O)oc2nc(ON=C3CCOCC3)[nH]c(=O)c12. The second-order valence-corrected chi connectivity index (χ2v) is 5.61. The predicted molar refractivity (Wildman–Crippen MR) is 87.6 cm³/mol. The molecule has 1 aliphatic rings. The predicted octanol–water partition coefficient (Wildman–Crippen LogP) is 1.76. The van der Waals surface area contributed by atoms with Crippen molar-refractivity contribution in [1.29, 1.82) is 0 Å². The van der Waals surface area contributed by atoms with E-state index in [0.29, 0.717) is 38.0 Å². The van der Waals surface area contributed by atoms with Crippen molar-refractivity contribution >= 4 is 16.8 Å². The number of hydrogen-bond acceptors (Lipinski definition) is 7. The summed E-state index contributed by atoms with van der Waals surface area (Å²) in [6, 6.07) is 1.25. The number of unbranched alkanes of at least 4 members (excludes halogenated alkanes) is 1. The summed E-state index contributed by atoms with van der Waals surface area (Å²) >= 11 is 0. The fourth-order valence-electron chi connectivity index (χ4n) is 2.54. The van der Waals surface area contributed by atoms with E-state index in [-0.39, 0.29) is 17.1 Å². The van der Waals surface area contributed by atoms with Gasteiger partial charge in [-0.2, -0.15) is 4.98 Å². The van der Waals surface area contributed by atoms with Crippen LogP contribution in [0, 0.1) is 0 Å². The first kappa shape index (κ1) is 16.4. The first-order chi connectivity index (χ1) is 11.7. The van der Waals surface area contributed by atoms with Gasteiger partial charge in [-0.3, -0.25) is 9.78 Å². The molecule has 0 aliphatic carbocycles. The maximum atomic E-state index is 12.3. The number of nitrogens with zero attached hydrogens (tertiary/aromatic N) is 2. The molecule has 0 unspecified atom stereocenters. The van der Waals surface area contributed by atoms with Gasteiger partial charge >= 0.3 is 11.6 Å². The minimum Gasteiger partial charge on any atom is -0.403 e. The van der Waals surface area contributed by atoms with Crippen LogP contribution in [0.25, 0.3) is 11.1 Å². The molecule has 24 heavy (non-hydrogen) atoms. The van der Waals surface area contributed by atoms with E-state index in [9.17, 15) is 9.59 Å². The quantitative estimate of drug-likeness (QED) is 0.836. The lowest BCUT2D eigenvalue weighted by atomic mass is 10.1. The Morgan fingerprint density at radius 3 is 2.88 bits per heavy atom. The van der Waals surface area contributed by atoms with Gasteiger partial charge in [-0.25, -0.2) is 4.79 Å². The molecule has 0 radical (unpaired) electrons. The van der Waals surface area contributed by atoms with Crippen LogP contribution in [-0.2, 0) is 11.2 Å². The summed E-state index contributed by atoms with van der Waals surface area (Å²) in [6.45, 7) is 3.23. The molecule has 0 bridgehead atoms. The van der Waals surface area contributed by atoms with Crippen LogP contribution in [0.2, 0.25) is 0 Å². The van der Waals surface area contributed by atoms with Crippen molar-refractivity contribution in [3.8, 4) is 6.01 Å². The van der Waals surface area contributed by atoms with Crippen molar-refractivity contribution in [2.24, 2.45) is 5.16 Å². The van der Waals surface area contributed by atoms with E-state index in [0.717, 1.165) is 18.6 Å². The number of ether oxygens (including phenoxy) is 1. The first-order valence-corrected chi connectivity index (χ1v) is 8.05. The van der Waals surface area contributed by atoms with Crippen molar-refractivity contribution < 1.29 is 14.0 Å². The largest absolute Gasteiger partial charge is 0.403 e. The van der Waals surface area contributed by atoms with Crippen molar-refractivity contribution in [3.05, 3.63) is 32.4 Å². The highest BCUT2D eigenvalue weighted by atomic mass is 16.6. The fraction of sp³-hybridized carbons (Fsp3) is 0.500. The van der Waals surface area contributed by atoms with Gasteiger partial charge in [-0.05, 0) is 18.4 Å². The number of oxime groups is 1. The Hall–Kier alpha value is -2.48. The number of aromatic nitrogens is 2. The third-order valence-electron chi connectivity index (χ3n) is 3.81. The molecular formula is C16H19N3O5. The van der Waals surface area contributed by atoms with Crippen molar-refractivity contribution in [2.75, 3.05) is 13.2 Å². The molecule has 0 saturated carbocycles. The summed E-state index contributed by atoms with van der Waals surface area (Å²) in [6.07, 6.45) is 3.79.